The van der Waals surface area contributed by atoms with Crippen LogP contribution in [-0.2, 0) is 0 Å². The van der Waals surface area contributed by atoms with Gasteiger partial charge < -0.3 is 15.1 Å². The molecule has 2 N–H and O–H groups in total. The molecule has 4 aliphatic rings. The summed E-state index contributed by atoms with van der Waals surface area (Å²) in [5.74, 6) is 1.65. The molecule has 4 rings (SSSR count). The van der Waals surface area contributed by atoms with Gasteiger partial charge in [-0.1, -0.05) is 37.1 Å². The molecule has 0 spiro atoms. The molecule has 0 aromatic heterocycles. The van der Waals surface area contributed by atoms with E-state index >= 15 is 0 Å². The average Bonchev–Trinajstić information content (AvgIpc) is 3.36. The first-order chi connectivity index (χ1) is 15.8. The Labute approximate surface area is 199 Å². The first-order valence-electron chi connectivity index (χ1n) is 13.5. The zero-order valence-electron chi connectivity index (χ0n) is 20.7. The number of aliphatic hydroxyl groups excluding tert-OH is 2. The maximum atomic E-state index is 12.9. The van der Waals surface area contributed by atoms with E-state index in [1.165, 1.54) is 44.1 Å². The molecule has 0 bridgehead atoms. The Hall–Kier alpha value is -0.780. The lowest BCUT2D eigenvalue weighted by Crippen LogP contribution is -2.36. The maximum absolute atomic E-state index is 12.9. The highest BCUT2D eigenvalue weighted by Crippen LogP contribution is 2.59. The monoisotopic (exact) mass is 465 g/mol. The van der Waals surface area contributed by atoms with E-state index in [1.54, 1.807) is 5.57 Å². The molecule has 1 aliphatic heterocycles. The van der Waals surface area contributed by atoms with Crippen LogP contribution in [0.25, 0.3) is 0 Å². The van der Waals surface area contributed by atoms with Crippen molar-refractivity contribution < 1.29 is 19.0 Å². The molecule has 0 aromatic rings. The lowest BCUT2D eigenvalue weighted by molar-refractivity contribution is 0.0609. The number of fused-ring (bicyclic) bond motifs is 1. The summed E-state index contributed by atoms with van der Waals surface area (Å²) in [6.45, 7) is 7.33. The Morgan fingerprint density at radius 1 is 1.12 bits per heavy atom. The van der Waals surface area contributed by atoms with Gasteiger partial charge in [0.15, 0.2) is 0 Å². The highest BCUT2D eigenvalue weighted by atomic mass is 19.3. The molecular formula is C28H45F2NO2. The van der Waals surface area contributed by atoms with Gasteiger partial charge in [-0.3, -0.25) is 0 Å². The number of hydrogen-bond acceptors (Lipinski definition) is 3. The Bertz CT molecular complexity index is 711. The van der Waals surface area contributed by atoms with E-state index in [0.29, 0.717) is 49.5 Å². The second kappa shape index (κ2) is 10.9. The fraction of sp³-hybridized carbons (Fsp3) is 0.857. The van der Waals surface area contributed by atoms with Crippen LogP contribution in [0.2, 0.25) is 0 Å². The van der Waals surface area contributed by atoms with Crippen molar-refractivity contribution in [3.05, 3.63) is 23.3 Å². The minimum atomic E-state index is -2.17. The molecule has 3 nitrogen and oxygen atoms in total. The van der Waals surface area contributed by atoms with Crippen LogP contribution in [0.5, 0.6) is 0 Å². The van der Waals surface area contributed by atoms with Crippen molar-refractivity contribution >= 4 is 0 Å². The van der Waals surface area contributed by atoms with Gasteiger partial charge in [-0.25, -0.2) is 8.78 Å². The summed E-state index contributed by atoms with van der Waals surface area (Å²) in [6, 6.07) is 0. The van der Waals surface area contributed by atoms with Crippen LogP contribution < -0.4 is 0 Å². The quantitative estimate of drug-likeness (QED) is 0.487. The maximum Gasteiger partial charge on any atom is 0.242 e. The van der Waals surface area contributed by atoms with E-state index in [0.717, 1.165) is 25.4 Å². The van der Waals surface area contributed by atoms with Crippen molar-refractivity contribution in [2.24, 2.45) is 29.1 Å². The van der Waals surface area contributed by atoms with Gasteiger partial charge in [0.05, 0.1) is 12.2 Å². The minimum absolute atomic E-state index is 0.363. The van der Waals surface area contributed by atoms with E-state index in [-0.39, 0.29) is 0 Å². The number of allylic oxidation sites excluding steroid dienone is 3. The Kier molecular flexibility index (Phi) is 8.34. The Balaban J connectivity index is 1.32. The molecule has 1 saturated heterocycles. The van der Waals surface area contributed by atoms with Crippen molar-refractivity contribution in [2.75, 3.05) is 19.6 Å². The van der Waals surface area contributed by atoms with Gasteiger partial charge >= 0.3 is 0 Å². The molecule has 5 heteroatoms. The fourth-order valence-corrected chi connectivity index (χ4v) is 7.85. The van der Waals surface area contributed by atoms with Gasteiger partial charge in [0.1, 0.15) is 0 Å². The summed E-state index contributed by atoms with van der Waals surface area (Å²) in [6.07, 6.45) is 12.7. The molecule has 1 heterocycles. The highest BCUT2D eigenvalue weighted by molar-refractivity contribution is 5.26. The van der Waals surface area contributed by atoms with Crippen LogP contribution in [-0.4, -0.2) is 53.4 Å². The third-order valence-corrected chi connectivity index (χ3v) is 9.60. The molecule has 4 fully saturated rings. The van der Waals surface area contributed by atoms with Crippen molar-refractivity contribution in [2.45, 2.75) is 103 Å². The zero-order chi connectivity index (χ0) is 23.6. The van der Waals surface area contributed by atoms with E-state index in [9.17, 15) is 19.0 Å². The third kappa shape index (κ3) is 5.90. The standard InChI is InChI=1S/C28H45F2NO2/c1-19(5-4-13-31-14-11-22(18-31)27(29)30)25-9-10-26-21(6-3-12-28(25,26)2)8-7-20-15-23(32)17-24(33)16-20/h7-8,19,22-27,32-33H,3-6,9-18H2,1-2H3/b21-8+/t19?,22-,23-,24-,25-,26+,28-/m1/s1. The van der Waals surface area contributed by atoms with Crippen molar-refractivity contribution in [3.8, 4) is 0 Å². The normalized spacial score (nSPS) is 39.9. The number of aliphatic hydroxyl groups is 2. The Morgan fingerprint density at radius 2 is 1.88 bits per heavy atom. The molecule has 3 aliphatic carbocycles. The zero-order valence-corrected chi connectivity index (χ0v) is 20.7. The highest BCUT2D eigenvalue weighted by Gasteiger charge is 2.50. The number of halogens is 2. The van der Waals surface area contributed by atoms with E-state index in [1.807, 2.05) is 0 Å². The van der Waals surface area contributed by atoms with Gasteiger partial charge in [0, 0.05) is 12.5 Å². The first-order valence-corrected chi connectivity index (χ1v) is 13.5. The lowest BCUT2D eigenvalue weighted by Gasteiger charge is -2.44. The number of hydrogen-bond donors (Lipinski definition) is 2. The number of likely N-dealkylation sites (tertiary alicyclic amines) is 1. The van der Waals surface area contributed by atoms with Crippen LogP contribution >= 0.6 is 0 Å². The molecule has 3 saturated carbocycles. The van der Waals surface area contributed by atoms with E-state index < -0.39 is 24.6 Å². The Morgan fingerprint density at radius 3 is 2.58 bits per heavy atom. The van der Waals surface area contributed by atoms with Crippen LogP contribution in [0.15, 0.2) is 23.3 Å². The predicted octanol–water partition coefficient (Wildman–Crippen LogP) is 5.96. The van der Waals surface area contributed by atoms with Gasteiger partial charge in [0.2, 0.25) is 6.43 Å². The molecule has 0 aromatic carbocycles. The summed E-state index contributed by atoms with van der Waals surface area (Å²) in [4.78, 5) is 2.25. The van der Waals surface area contributed by atoms with Crippen LogP contribution in [0.1, 0.15) is 84.5 Å². The van der Waals surface area contributed by atoms with Crippen molar-refractivity contribution in [3.63, 3.8) is 0 Å². The lowest BCUT2D eigenvalue weighted by atomic mass is 9.60. The summed E-state index contributed by atoms with van der Waals surface area (Å²) in [5.41, 5.74) is 3.12. The molecule has 33 heavy (non-hydrogen) atoms. The fourth-order valence-electron chi connectivity index (χ4n) is 7.85. The second-order valence-electron chi connectivity index (χ2n) is 11.9. The van der Waals surface area contributed by atoms with Crippen LogP contribution in [0.3, 0.4) is 0 Å². The molecule has 7 atom stereocenters. The summed E-state index contributed by atoms with van der Waals surface area (Å²) in [5, 5.41) is 20.0. The van der Waals surface area contributed by atoms with E-state index in [4.69, 9.17) is 0 Å². The number of rotatable bonds is 7. The van der Waals surface area contributed by atoms with Gasteiger partial charge in [-0.05, 0) is 107 Å². The minimum Gasteiger partial charge on any atom is -0.393 e. The SMILES string of the molecule is CC(CCCN1CC[C@@H](C(F)F)C1)[C@H]1CC[C@H]2/C(=C/C=C3C[C@@H](O)C[C@H](O)C3)CCC[C@]12C. The molecular weight excluding hydrogens is 420 g/mol. The van der Waals surface area contributed by atoms with Crippen molar-refractivity contribution in [1.29, 1.82) is 0 Å². The summed E-state index contributed by atoms with van der Waals surface area (Å²) in [7, 11) is 0. The largest absolute Gasteiger partial charge is 0.393 e. The molecule has 188 valence electrons. The molecule has 1 unspecified atom stereocenters. The van der Waals surface area contributed by atoms with Crippen LogP contribution in [0, 0.1) is 29.1 Å². The third-order valence-electron chi connectivity index (χ3n) is 9.60. The van der Waals surface area contributed by atoms with Crippen LogP contribution in [0.4, 0.5) is 8.78 Å². The average molecular weight is 466 g/mol. The van der Waals surface area contributed by atoms with Gasteiger partial charge in [0.25, 0.3) is 0 Å². The second-order valence-corrected chi connectivity index (χ2v) is 11.9. The summed E-state index contributed by atoms with van der Waals surface area (Å²) < 4.78 is 25.9. The first kappa shape index (κ1) is 25.3. The van der Waals surface area contributed by atoms with E-state index in [2.05, 4.69) is 30.9 Å². The predicted molar refractivity (Wildman–Crippen MR) is 129 cm³/mol. The summed E-state index contributed by atoms with van der Waals surface area (Å²) >= 11 is 0. The molecule has 0 radical (unpaired) electrons. The topological polar surface area (TPSA) is 43.7 Å². The number of nitrogens with zero attached hydrogens (tertiary/aromatic N) is 1. The van der Waals surface area contributed by atoms with Crippen molar-refractivity contribution in [1.82, 2.24) is 4.90 Å². The van der Waals surface area contributed by atoms with Gasteiger partial charge in [-0.2, -0.15) is 0 Å². The number of alkyl halides is 2. The smallest absolute Gasteiger partial charge is 0.242 e. The van der Waals surface area contributed by atoms with Gasteiger partial charge in [-0.15, -0.1) is 0 Å². The molecule has 0 amide bonds.